The molecule has 0 spiro atoms. The molecule has 2 bridgehead atoms. The highest BCUT2D eigenvalue weighted by Gasteiger charge is 2.64. The van der Waals surface area contributed by atoms with E-state index in [0.29, 0.717) is 10.6 Å². The maximum atomic E-state index is 12.6. The summed E-state index contributed by atoms with van der Waals surface area (Å²) in [7, 11) is 0. The molecule has 6 heteroatoms. The van der Waals surface area contributed by atoms with Crippen molar-refractivity contribution >= 4 is 29.3 Å². The Morgan fingerprint density at radius 2 is 1.96 bits per heavy atom. The average molecular weight is 349 g/mol. The van der Waals surface area contributed by atoms with Gasteiger partial charge in [-0.15, -0.1) is 0 Å². The van der Waals surface area contributed by atoms with Crippen molar-refractivity contribution in [3.05, 3.63) is 34.9 Å². The largest absolute Gasteiger partial charge is 0.462 e. The van der Waals surface area contributed by atoms with Gasteiger partial charge in [-0.1, -0.05) is 11.6 Å². The molecule has 1 heterocycles. The first-order valence-electron chi connectivity index (χ1n) is 8.16. The van der Waals surface area contributed by atoms with E-state index in [1.165, 1.54) is 0 Å². The zero-order valence-corrected chi connectivity index (χ0v) is 13.9. The summed E-state index contributed by atoms with van der Waals surface area (Å²) in [5.41, 5.74) is 0.438. The molecule has 0 unspecified atom stereocenters. The molecule has 1 saturated heterocycles. The number of carbonyl (C=O) groups excluding carboxylic acids is 3. The van der Waals surface area contributed by atoms with E-state index < -0.39 is 18.0 Å². The molecule has 1 aromatic rings. The SMILES string of the molecule is C[C@H](OC(=O)[C@@H]1[C@@H]2C[C@@H]3[C@H]1C(=O)O[C@@H]3C2)C(=O)c1ccc(Cl)cc1. The number of Topliss-reactive ketones (excluding diaryl/α,β-unsaturated/α-hetero) is 1. The molecule has 1 aromatic carbocycles. The fraction of sp³-hybridized carbons (Fsp3) is 0.500. The minimum absolute atomic E-state index is 0.0235. The molecule has 24 heavy (non-hydrogen) atoms. The first kappa shape index (κ1) is 15.6. The summed E-state index contributed by atoms with van der Waals surface area (Å²) in [6, 6.07) is 6.44. The minimum Gasteiger partial charge on any atom is -0.462 e. The highest BCUT2D eigenvalue weighted by Crippen LogP contribution is 2.58. The predicted molar refractivity (Wildman–Crippen MR) is 84.4 cm³/mol. The van der Waals surface area contributed by atoms with Gasteiger partial charge in [0.25, 0.3) is 0 Å². The molecule has 3 aliphatic rings. The highest BCUT2D eigenvalue weighted by molar-refractivity contribution is 6.30. The maximum Gasteiger partial charge on any atom is 0.310 e. The van der Waals surface area contributed by atoms with Gasteiger partial charge in [0.1, 0.15) is 6.10 Å². The van der Waals surface area contributed by atoms with Crippen LogP contribution in [0.1, 0.15) is 30.1 Å². The third-order valence-corrected chi connectivity index (χ3v) is 5.80. The lowest BCUT2D eigenvalue weighted by Crippen LogP contribution is -2.36. The summed E-state index contributed by atoms with van der Waals surface area (Å²) in [6.45, 7) is 1.55. The Morgan fingerprint density at radius 1 is 1.25 bits per heavy atom. The molecule has 0 N–H and O–H groups in total. The third-order valence-electron chi connectivity index (χ3n) is 5.55. The van der Waals surface area contributed by atoms with Gasteiger partial charge >= 0.3 is 11.9 Å². The molecule has 4 rings (SSSR count). The van der Waals surface area contributed by atoms with Crippen LogP contribution in [0.15, 0.2) is 24.3 Å². The van der Waals surface area contributed by atoms with Gasteiger partial charge in [0, 0.05) is 16.5 Å². The molecule has 5 nitrogen and oxygen atoms in total. The Kier molecular flexibility index (Phi) is 3.64. The van der Waals surface area contributed by atoms with Crippen molar-refractivity contribution in [1.82, 2.24) is 0 Å². The van der Waals surface area contributed by atoms with Crippen LogP contribution in [0.25, 0.3) is 0 Å². The number of benzene rings is 1. The van der Waals surface area contributed by atoms with Gasteiger partial charge in [0.2, 0.25) is 5.78 Å². The quantitative estimate of drug-likeness (QED) is 0.618. The van der Waals surface area contributed by atoms with Crippen molar-refractivity contribution in [3.8, 4) is 0 Å². The number of rotatable bonds is 4. The summed E-state index contributed by atoms with van der Waals surface area (Å²) >= 11 is 5.81. The molecule has 126 valence electrons. The minimum atomic E-state index is -0.897. The Labute approximate surface area is 144 Å². The third kappa shape index (κ3) is 2.34. The lowest BCUT2D eigenvalue weighted by molar-refractivity contribution is -0.157. The fourth-order valence-corrected chi connectivity index (χ4v) is 4.61. The Hall–Kier alpha value is -1.88. The van der Waals surface area contributed by atoms with Crippen molar-refractivity contribution in [3.63, 3.8) is 0 Å². The molecule has 3 fully saturated rings. The summed E-state index contributed by atoms with van der Waals surface area (Å²) in [4.78, 5) is 36.9. The molecule has 0 radical (unpaired) electrons. The monoisotopic (exact) mass is 348 g/mol. The van der Waals surface area contributed by atoms with Gasteiger partial charge in [-0.2, -0.15) is 0 Å². The lowest BCUT2D eigenvalue weighted by Gasteiger charge is -2.24. The van der Waals surface area contributed by atoms with Crippen LogP contribution >= 0.6 is 11.6 Å². The van der Waals surface area contributed by atoms with E-state index >= 15 is 0 Å². The fourth-order valence-electron chi connectivity index (χ4n) is 4.48. The van der Waals surface area contributed by atoms with Gasteiger partial charge in [-0.05, 0) is 49.9 Å². The van der Waals surface area contributed by atoms with Gasteiger partial charge in [0.05, 0.1) is 11.8 Å². The van der Waals surface area contributed by atoms with Gasteiger partial charge in [-0.3, -0.25) is 14.4 Å². The normalized spacial score (nSPS) is 34.1. The van der Waals surface area contributed by atoms with Crippen molar-refractivity contribution in [2.24, 2.45) is 23.7 Å². The van der Waals surface area contributed by atoms with E-state index in [4.69, 9.17) is 21.1 Å². The number of halogens is 1. The molecular weight excluding hydrogens is 332 g/mol. The smallest absolute Gasteiger partial charge is 0.310 e. The molecular formula is C18H17ClO5. The summed E-state index contributed by atoms with van der Waals surface area (Å²) in [5, 5.41) is 0.535. The predicted octanol–water partition coefficient (Wildman–Crippen LogP) is 2.65. The second-order valence-corrected chi connectivity index (χ2v) is 7.31. The molecule has 2 aliphatic carbocycles. The van der Waals surface area contributed by atoms with Crippen molar-refractivity contribution in [2.75, 3.05) is 0 Å². The number of esters is 2. The maximum absolute atomic E-state index is 12.6. The average Bonchev–Trinajstić information content (AvgIpc) is 3.16. The van der Waals surface area contributed by atoms with Crippen molar-refractivity contribution < 1.29 is 23.9 Å². The van der Waals surface area contributed by atoms with Crippen LogP contribution in [0, 0.1) is 23.7 Å². The summed E-state index contributed by atoms with van der Waals surface area (Å²) in [6.07, 6.45) is 0.641. The number of ether oxygens (including phenoxy) is 2. The van der Waals surface area contributed by atoms with Crippen molar-refractivity contribution in [1.29, 1.82) is 0 Å². The Balaban J connectivity index is 1.45. The van der Waals surface area contributed by atoms with Crippen LogP contribution in [0.3, 0.4) is 0 Å². The van der Waals surface area contributed by atoms with Crippen LogP contribution in [0.5, 0.6) is 0 Å². The molecule has 2 saturated carbocycles. The van der Waals surface area contributed by atoms with E-state index in [1.807, 2.05) is 0 Å². The van der Waals surface area contributed by atoms with Gasteiger partial charge < -0.3 is 9.47 Å². The van der Waals surface area contributed by atoms with Crippen LogP contribution in [0.4, 0.5) is 0 Å². The van der Waals surface area contributed by atoms with Crippen LogP contribution in [0.2, 0.25) is 5.02 Å². The molecule has 1 aliphatic heterocycles. The number of carbonyl (C=O) groups is 3. The van der Waals surface area contributed by atoms with Crippen LogP contribution < -0.4 is 0 Å². The molecule has 6 atom stereocenters. The van der Waals surface area contributed by atoms with Crippen molar-refractivity contribution in [2.45, 2.75) is 32.0 Å². The zero-order valence-electron chi connectivity index (χ0n) is 13.1. The van der Waals surface area contributed by atoms with E-state index in [2.05, 4.69) is 0 Å². The Morgan fingerprint density at radius 3 is 2.67 bits per heavy atom. The summed E-state index contributed by atoms with van der Waals surface area (Å²) in [5.74, 6) is -1.62. The number of hydrogen-bond acceptors (Lipinski definition) is 5. The highest BCUT2D eigenvalue weighted by atomic mass is 35.5. The number of ketones is 1. The van der Waals surface area contributed by atoms with Crippen LogP contribution in [-0.2, 0) is 19.1 Å². The van der Waals surface area contributed by atoms with E-state index in [9.17, 15) is 14.4 Å². The van der Waals surface area contributed by atoms with E-state index in [0.717, 1.165) is 12.8 Å². The second kappa shape index (κ2) is 5.59. The second-order valence-electron chi connectivity index (χ2n) is 6.87. The topological polar surface area (TPSA) is 69.7 Å². The standard InChI is InChI=1S/C18H17ClO5/c1-8(16(20)9-2-4-11(19)5-3-9)23-17(21)14-10-6-12-13(7-10)24-18(22)15(12)14/h2-5,8,10,12-15H,6-7H2,1H3/t8-,10+,12-,13+,14+,15+/m0/s1. The molecule has 0 amide bonds. The number of fused-ring (bicyclic) bond motifs is 1. The zero-order chi connectivity index (χ0) is 17.0. The van der Waals surface area contributed by atoms with E-state index in [1.54, 1.807) is 31.2 Å². The van der Waals surface area contributed by atoms with E-state index in [-0.39, 0.29) is 35.6 Å². The lowest BCUT2D eigenvalue weighted by atomic mass is 9.80. The number of hydrogen-bond donors (Lipinski definition) is 0. The van der Waals surface area contributed by atoms with Gasteiger partial charge in [0.15, 0.2) is 6.10 Å². The first-order valence-corrected chi connectivity index (χ1v) is 8.54. The van der Waals surface area contributed by atoms with Gasteiger partial charge in [-0.25, -0.2) is 0 Å². The first-order chi connectivity index (χ1) is 11.5. The summed E-state index contributed by atoms with van der Waals surface area (Å²) < 4.78 is 10.7. The van der Waals surface area contributed by atoms with Crippen LogP contribution in [-0.4, -0.2) is 29.9 Å². The Bertz CT molecular complexity index is 711. The molecule has 0 aromatic heterocycles.